The van der Waals surface area contributed by atoms with Gasteiger partial charge in [-0.2, -0.15) is 0 Å². The van der Waals surface area contributed by atoms with Crippen molar-refractivity contribution >= 4 is 28.0 Å². The second kappa shape index (κ2) is 7.06. The fourth-order valence-corrected chi connectivity index (χ4v) is 3.81. The summed E-state index contributed by atoms with van der Waals surface area (Å²) < 4.78 is 27.3. The van der Waals surface area contributed by atoms with Crippen LogP contribution in [0.25, 0.3) is 0 Å². The molecular formula is C21H15NO6S. The molecule has 3 aromatic carbocycles. The largest absolute Gasteiger partial charge is 0.507 e. The van der Waals surface area contributed by atoms with Crippen LogP contribution >= 0.6 is 0 Å². The van der Waals surface area contributed by atoms with Gasteiger partial charge < -0.3 is 15.6 Å². The van der Waals surface area contributed by atoms with Crippen LogP contribution in [0.5, 0.6) is 17.2 Å². The van der Waals surface area contributed by atoms with E-state index in [-0.39, 0.29) is 39.4 Å². The zero-order valence-electron chi connectivity index (χ0n) is 14.9. The highest BCUT2D eigenvalue weighted by Gasteiger charge is 2.35. The Kier molecular flexibility index (Phi) is 4.56. The first-order chi connectivity index (χ1) is 13.9. The van der Waals surface area contributed by atoms with Crippen molar-refractivity contribution in [3.8, 4) is 17.2 Å². The Bertz CT molecular complexity index is 1240. The molecule has 0 radical (unpaired) electrons. The van der Waals surface area contributed by atoms with Crippen LogP contribution in [0.15, 0.2) is 54.6 Å². The number of ketones is 2. The third kappa shape index (κ3) is 3.23. The fourth-order valence-electron chi connectivity index (χ4n) is 3.30. The highest BCUT2D eigenvalue weighted by molar-refractivity contribution is 7.71. The predicted molar refractivity (Wildman–Crippen MR) is 106 cm³/mol. The quantitative estimate of drug-likeness (QED) is 0.269. The number of carbonyl (C=O) groups is 2. The first-order valence-electron chi connectivity index (χ1n) is 8.59. The predicted octanol–water partition coefficient (Wildman–Crippen LogP) is 2.65. The number of hydrogen-bond donors (Lipinski definition) is 3. The Morgan fingerprint density at radius 1 is 0.897 bits per heavy atom. The van der Waals surface area contributed by atoms with E-state index < -0.39 is 28.0 Å². The van der Waals surface area contributed by atoms with Gasteiger partial charge in [-0.3, -0.25) is 9.59 Å². The second-order valence-corrected chi connectivity index (χ2v) is 7.48. The van der Waals surface area contributed by atoms with Gasteiger partial charge in [0.15, 0.2) is 17.3 Å². The van der Waals surface area contributed by atoms with E-state index in [4.69, 9.17) is 10.5 Å². The summed E-state index contributed by atoms with van der Waals surface area (Å²) in [6, 6.07) is 13.8. The molecule has 0 saturated heterocycles. The van der Waals surface area contributed by atoms with Crippen LogP contribution in [0, 0.1) is 0 Å². The number of rotatable bonds is 4. The molecule has 0 aromatic heterocycles. The summed E-state index contributed by atoms with van der Waals surface area (Å²) in [6.45, 7) is 0. The summed E-state index contributed by atoms with van der Waals surface area (Å²) in [6.07, 6.45) is 0. The Morgan fingerprint density at radius 2 is 1.48 bits per heavy atom. The van der Waals surface area contributed by atoms with Crippen molar-refractivity contribution in [2.75, 3.05) is 5.73 Å². The van der Waals surface area contributed by atoms with Gasteiger partial charge in [-0.05, 0) is 17.7 Å². The van der Waals surface area contributed by atoms with E-state index >= 15 is 0 Å². The average Bonchev–Trinajstić information content (AvgIpc) is 2.69. The summed E-state index contributed by atoms with van der Waals surface area (Å²) in [5.41, 5.74) is 6.85. The SMILES string of the molecule is Nc1c(Oc2ccc(C[SH](=O)=O)cc2)cc(O)c2c1C(=O)c1ccccc1C2=O. The van der Waals surface area contributed by atoms with Gasteiger partial charge in [0.05, 0.1) is 22.6 Å². The number of ether oxygens (including phenoxy) is 1. The number of aromatic hydroxyl groups is 1. The number of benzene rings is 3. The first kappa shape index (κ1) is 18.7. The minimum atomic E-state index is -2.54. The number of phenolic OH excluding ortho intramolecular Hbond substituents is 1. The van der Waals surface area contributed by atoms with Gasteiger partial charge in [0, 0.05) is 17.2 Å². The zero-order chi connectivity index (χ0) is 20.7. The maximum Gasteiger partial charge on any atom is 0.198 e. The Hall–Kier alpha value is -3.65. The van der Waals surface area contributed by atoms with E-state index in [2.05, 4.69) is 0 Å². The molecule has 0 aliphatic heterocycles. The smallest absolute Gasteiger partial charge is 0.198 e. The molecule has 0 unspecified atom stereocenters. The molecular weight excluding hydrogens is 394 g/mol. The minimum Gasteiger partial charge on any atom is -0.507 e. The molecule has 0 atom stereocenters. The molecule has 0 spiro atoms. The van der Waals surface area contributed by atoms with Crippen LogP contribution in [-0.4, -0.2) is 25.1 Å². The standard InChI is InChI=1S/C21H15NO6S/c22-19-16(28-12-7-5-11(6-8-12)10-29(26)27)9-15(23)17-18(19)21(25)14-4-2-1-3-13(14)20(17)24/h1-9,23,29H,10,22H2. The average molecular weight is 409 g/mol. The molecule has 0 fully saturated rings. The number of nitrogen functional groups attached to an aromatic ring is 1. The molecule has 146 valence electrons. The molecule has 3 N–H and O–H groups in total. The topological polar surface area (TPSA) is 124 Å². The number of carbonyl (C=O) groups excluding carboxylic acids is 2. The lowest BCUT2D eigenvalue weighted by atomic mass is 9.82. The number of phenols is 1. The number of anilines is 1. The Morgan fingerprint density at radius 3 is 2.07 bits per heavy atom. The van der Waals surface area contributed by atoms with Crippen LogP contribution < -0.4 is 10.5 Å². The molecule has 0 bridgehead atoms. The van der Waals surface area contributed by atoms with Crippen molar-refractivity contribution in [3.05, 3.63) is 82.4 Å². The molecule has 1 aliphatic carbocycles. The summed E-state index contributed by atoms with van der Waals surface area (Å²) in [7, 11) is -2.54. The van der Waals surface area contributed by atoms with Crippen molar-refractivity contribution in [3.63, 3.8) is 0 Å². The molecule has 0 amide bonds. The second-order valence-electron chi connectivity index (χ2n) is 6.50. The van der Waals surface area contributed by atoms with Gasteiger partial charge in [0.25, 0.3) is 0 Å². The van der Waals surface area contributed by atoms with E-state index in [9.17, 15) is 23.1 Å². The highest BCUT2D eigenvalue weighted by Crippen LogP contribution is 2.42. The van der Waals surface area contributed by atoms with Crippen molar-refractivity contribution in [2.24, 2.45) is 0 Å². The maximum atomic E-state index is 12.9. The van der Waals surface area contributed by atoms with E-state index in [0.29, 0.717) is 11.3 Å². The number of hydrogen-bond acceptors (Lipinski definition) is 7. The zero-order valence-corrected chi connectivity index (χ0v) is 15.8. The van der Waals surface area contributed by atoms with Crippen molar-refractivity contribution in [1.29, 1.82) is 0 Å². The molecule has 1 aliphatic rings. The number of fused-ring (bicyclic) bond motifs is 2. The summed E-state index contributed by atoms with van der Waals surface area (Å²) in [5.74, 6) is -1.10. The third-order valence-corrected chi connectivity index (χ3v) is 5.27. The normalized spacial score (nSPS) is 12.6. The molecule has 0 heterocycles. The fraction of sp³-hybridized carbons (Fsp3) is 0.0476. The van der Waals surface area contributed by atoms with Gasteiger partial charge in [-0.25, -0.2) is 8.42 Å². The van der Waals surface area contributed by atoms with Gasteiger partial charge >= 0.3 is 0 Å². The third-order valence-electron chi connectivity index (χ3n) is 4.64. The van der Waals surface area contributed by atoms with Crippen molar-refractivity contribution < 1.29 is 27.9 Å². The molecule has 8 heteroatoms. The van der Waals surface area contributed by atoms with Crippen molar-refractivity contribution in [1.82, 2.24) is 0 Å². The number of nitrogens with two attached hydrogens (primary N) is 1. The minimum absolute atomic E-state index is 0.0180. The van der Waals surface area contributed by atoms with Crippen LogP contribution in [0.3, 0.4) is 0 Å². The van der Waals surface area contributed by atoms with Crippen LogP contribution in [0.2, 0.25) is 0 Å². The molecule has 4 rings (SSSR count). The van der Waals surface area contributed by atoms with Crippen LogP contribution in [0.4, 0.5) is 5.69 Å². The van der Waals surface area contributed by atoms with Gasteiger partial charge in [-0.1, -0.05) is 36.4 Å². The molecule has 7 nitrogen and oxygen atoms in total. The van der Waals surface area contributed by atoms with E-state index in [1.807, 2.05) is 0 Å². The van der Waals surface area contributed by atoms with Crippen LogP contribution in [-0.2, 0) is 16.5 Å². The van der Waals surface area contributed by atoms with Gasteiger partial charge in [0.2, 0.25) is 0 Å². The summed E-state index contributed by atoms with van der Waals surface area (Å²) in [5, 5.41) is 10.4. The van der Waals surface area contributed by atoms with E-state index in [0.717, 1.165) is 0 Å². The summed E-state index contributed by atoms with van der Waals surface area (Å²) in [4.78, 5) is 25.7. The number of thiol groups is 1. The van der Waals surface area contributed by atoms with Gasteiger partial charge in [0.1, 0.15) is 22.2 Å². The lowest BCUT2D eigenvalue weighted by Crippen LogP contribution is -2.22. The molecule has 3 aromatic rings. The lowest BCUT2D eigenvalue weighted by molar-refractivity contribution is 0.0977. The first-order valence-corrected chi connectivity index (χ1v) is 9.95. The molecule has 0 saturated carbocycles. The van der Waals surface area contributed by atoms with E-state index in [1.54, 1.807) is 36.4 Å². The Labute approximate surface area is 167 Å². The van der Waals surface area contributed by atoms with Crippen LogP contribution in [0.1, 0.15) is 37.4 Å². The summed E-state index contributed by atoms with van der Waals surface area (Å²) >= 11 is 0. The highest BCUT2D eigenvalue weighted by atomic mass is 32.2. The van der Waals surface area contributed by atoms with Crippen molar-refractivity contribution in [2.45, 2.75) is 5.75 Å². The molecule has 29 heavy (non-hydrogen) atoms. The monoisotopic (exact) mass is 409 g/mol. The maximum absolute atomic E-state index is 12.9. The van der Waals surface area contributed by atoms with Gasteiger partial charge in [-0.15, -0.1) is 0 Å². The van der Waals surface area contributed by atoms with E-state index in [1.165, 1.54) is 18.2 Å². The Balaban J connectivity index is 1.75. The lowest BCUT2D eigenvalue weighted by Gasteiger charge is -2.21.